The molecule has 1 aromatic rings. The van der Waals surface area contributed by atoms with Gasteiger partial charge in [-0.05, 0) is 31.0 Å². The average Bonchev–Trinajstić information content (AvgIpc) is 2.46. The molecule has 11 heteroatoms. The first-order chi connectivity index (χ1) is 11.6. The van der Waals surface area contributed by atoms with Crippen LogP contribution < -0.4 is 15.4 Å². The second-order valence-electron chi connectivity index (χ2n) is 4.99. The van der Waals surface area contributed by atoms with Crippen LogP contribution in [0.2, 0.25) is 0 Å². The van der Waals surface area contributed by atoms with E-state index in [4.69, 9.17) is 0 Å². The van der Waals surface area contributed by atoms with Crippen LogP contribution in [0.4, 0.5) is 26.3 Å². The van der Waals surface area contributed by atoms with E-state index in [9.17, 15) is 26.3 Å². The molecule has 0 heterocycles. The van der Waals surface area contributed by atoms with E-state index in [1.807, 2.05) is 0 Å². The Morgan fingerprint density at radius 3 is 2.15 bits per heavy atom. The molecule has 150 valence electrons. The molecule has 0 bridgehead atoms. The number of hydrogen-bond donors (Lipinski definition) is 2. The Morgan fingerprint density at radius 1 is 1.04 bits per heavy atom. The van der Waals surface area contributed by atoms with Crippen molar-refractivity contribution in [2.75, 3.05) is 19.6 Å². The lowest BCUT2D eigenvalue weighted by Crippen LogP contribution is -2.38. The van der Waals surface area contributed by atoms with Gasteiger partial charge in [-0.2, -0.15) is 13.2 Å². The Labute approximate surface area is 164 Å². The van der Waals surface area contributed by atoms with E-state index < -0.39 is 19.0 Å². The van der Waals surface area contributed by atoms with Crippen molar-refractivity contribution in [2.45, 2.75) is 32.3 Å². The highest BCUT2D eigenvalue weighted by Crippen LogP contribution is 2.22. The minimum atomic E-state index is -4.74. The summed E-state index contributed by atoms with van der Waals surface area (Å²) in [5, 5.41) is 5.69. The molecule has 0 saturated heterocycles. The van der Waals surface area contributed by atoms with E-state index >= 15 is 0 Å². The first-order valence-corrected chi connectivity index (χ1v) is 7.52. The van der Waals surface area contributed by atoms with Crippen molar-refractivity contribution in [1.82, 2.24) is 10.6 Å². The topological polar surface area (TPSA) is 45.7 Å². The van der Waals surface area contributed by atoms with Crippen molar-refractivity contribution in [3.63, 3.8) is 0 Å². The standard InChI is InChI=1S/C15H19F6N3O.HI/c1-2-22-13(24-10-8-14(16,17)18)23-9-7-11-3-5-12(6-4-11)25-15(19,20)21;/h3-6H,2,7-10H2,1H3,(H2,22,23,24);1H. The van der Waals surface area contributed by atoms with Crippen molar-refractivity contribution in [1.29, 1.82) is 0 Å². The summed E-state index contributed by atoms with van der Waals surface area (Å²) in [6.07, 6.45) is -9.56. The summed E-state index contributed by atoms with van der Waals surface area (Å²) in [5.41, 5.74) is 0.744. The normalized spacial score (nSPS) is 12.3. The fourth-order valence-electron chi connectivity index (χ4n) is 1.82. The van der Waals surface area contributed by atoms with Gasteiger partial charge < -0.3 is 15.4 Å². The highest BCUT2D eigenvalue weighted by Gasteiger charge is 2.30. The molecule has 26 heavy (non-hydrogen) atoms. The number of aliphatic imine (C=N–C) groups is 1. The molecule has 0 aromatic heterocycles. The SMILES string of the molecule is CCNC(=NCCC(F)(F)F)NCCc1ccc(OC(F)(F)F)cc1.I. The number of guanidine groups is 1. The van der Waals surface area contributed by atoms with Crippen molar-refractivity contribution in [3.05, 3.63) is 29.8 Å². The number of benzene rings is 1. The number of alkyl halides is 6. The van der Waals surface area contributed by atoms with Crippen LogP contribution in [-0.4, -0.2) is 38.1 Å². The molecular formula is C15H20F6IN3O. The lowest BCUT2D eigenvalue weighted by Gasteiger charge is -2.12. The summed E-state index contributed by atoms with van der Waals surface area (Å²) < 4.78 is 76.3. The van der Waals surface area contributed by atoms with Crippen molar-refractivity contribution in [3.8, 4) is 5.75 Å². The lowest BCUT2D eigenvalue weighted by atomic mass is 10.1. The Kier molecular flexibility index (Phi) is 10.7. The second kappa shape index (κ2) is 11.3. The molecule has 0 atom stereocenters. The fourth-order valence-corrected chi connectivity index (χ4v) is 1.82. The summed E-state index contributed by atoms with van der Waals surface area (Å²) in [6, 6.07) is 5.36. The highest BCUT2D eigenvalue weighted by atomic mass is 127. The van der Waals surface area contributed by atoms with Gasteiger partial charge in [-0.15, -0.1) is 37.1 Å². The Bertz CT molecular complexity index is 546. The van der Waals surface area contributed by atoms with Gasteiger partial charge in [-0.3, -0.25) is 4.99 Å². The number of halogens is 7. The Morgan fingerprint density at radius 2 is 1.65 bits per heavy atom. The molecule has 0 aliphatic carbocycles. The van der Waals surface area contributed by atoms with Gasteiger partial charge in [0.05, 0.1) is 13.0 Å². The maximum absolute atomic E-state index is 12.1. The summed E-state index contributed by atoms with van der Waals surface area (Å²) in [5.74, 6) is -0.0602. The molecule has 0 spiro atoms. The van der Waals surface area contributed by atoms with Crippen molar-refractivity contribution in [2.24, 2.45) is 4.99 Å². The van der Waals surface area contributed by atoms with Crippen LogP contribution in [0.1, 0.15) is 18.9 Å². The van der Waals surface area contributed by atoms with Gasteiger partial charge in [0, 0.05) is 13.1 Å². The van der Waals surface area contributed by atoms with Crippen LogP contribution in [0, 0.1) is 0 Å². The van der Waals surface area contributed by atoms with Gasteiger partial charge in [0.1, 0.15) is 5.75 Å². The smallest absolute Gasteiger partial charge is 0.406 e. The van der Waals surface area contributed by atoms with E-state index in [-0.39, 0.29) is 42.2 Å². The third-order valence-corrected chi connectivity index (χ3v) is 2.87. The average molecular weight is 499 g/mol. The summed E-state index contributed by atoms with van der Waals surface area (Å²) in [4.78, 5) is 3.81. The molecule has 1 aromatic carbocycles. The van der Waals surface area contributed by atoms with Gasteiger partial charge in [0.2, 0.25) is 0 Å². The summed E-state index contributed by atoms with van der Waals surface area (Å²) in [7, 11) is 0. The molecule has 0 saturated carbocycles. The molecular weight excluding hydrogens is 479 g/mol. The zero-order chi connectivity index (χ0) is 18.9. The van der Waals surface area contributed by atoms with E-state index in [1.54, 1.807) is 6.92 Å². The Hall–Kier alpha value is -1.40. The maximum atomic E-state index is 12.1. The molecule has 0 amide bonds. The summed E-state index contributed by atoms with van der Waals surface area (Å²) >= 11 is 0. The van der Waals surface area contributed by atoms with Crippen molar-refractivity contribution >= 4 is 29.9 Å². The summed E-state index contributed by atoms with van der Waals surface area (Å²) in [6.45, 7) is 2.24. The largest absolute Gasteiger partial charge is 0.573 e. The second-order valence-corrected chi connectivity index (χ2v) is 4.99. The molecule has 0 radical (unpaired) electrons. The number of ether oxygens (including phenoxy) is 1. The van der Waals surface area contributed by atoms with Crippen LogP contribution in [-0.2, 0) is 6.42 Å². The number of hydrogen-bond acceptors (Lipinski definition) is 2. The number of nitrogens with one attached hydrogen (secondary N) is 2. The van der Waals surface area contributed by atoms with Gasteiger partial charge in [-0.1, -0.05) is 12.1 Å². The van der Waals surface area contributed by atoms with E-state index in [0.717, 1.165) is 5.56 Å². The molecule has 4 nitrogen and oxygen atoms in total. The molecule has 0 fully saturated rings. The molecule has 0 aliphatic heterocycles. The predicted octanol–water partition coefficient (Wildman–Crippen LogP) is 4.25. The van der Waals surface area contributed by atoms with Crippen LogP contribution >= 0.6 is 24.0 Å². The quantitative estimate of drug-likeness (QED) is 0.255. The van der Waals surface area contributed by atoms with Crippen LogP contribution in [0.25, 0.3) is 0 Å². The molecule has 0 unspecified atom stereocenters. The lowest BCUT2D eigenvalue weighted by molar-refractivity contribution is -0.274. The van der Waals surface area contributed by atoms with Gasteiger partial charge in [-0.25, -0.2) is 0 Å². The third-order valence-electron chi connectivity index (χ3n) is 2.87. The Balaban J connectivity index is 0.00000625. The number of nitrogens with zero attached hydrogens (tertiary/aromatic N) is 1. The van der Waals surface area contributed by atoms with Gasteiger partial charge in [0.15, 0.2) is 5.96 Å². The first kappa shape index (κ1) is 24.6. The van der Waals surface area contributed by atoms with Gasteiger partial charge >= 0.3 is 12.5 Å². The van der Waals surface area contributed by atoms with Crippen LogP contribution in [0.15, 0.2) is 29.3 Å². The fraction of sp³-hybridized carbons (Fsp3) is 0.533. The van der Waals surface area contributed by atoms with E-state index in [1.165, 1.54) is 24.3 Å². The highest BCUT2D eigenvalue weighted by molar-refractivity contribution is 14.0. The zero-order valence-corrected chi connectivity index (χ0v) is 16.2. The first-order valence-electron chi connectivity index (χ1n) is 7.52. The van der Waals surface area contributed by atoms with E-state index in [2.05, 4.69) is 20.4 Å². The predicted molar refractivity (Wildman–Crippen MR) is 96.9 cm³/mol. The minimum absolute atomic E-state index is 0. The van der Waals surface area contributed by atoms with E-state index in [0.29, 0.717) is 19.5 Å². The molecule has 0 aliphatic rings. The monoisotopic (exact) mass is 499 g/mol. The number of rotatable bonds is 7. The molecule has 2 N–H and O–H groups in total. The minimum Gasteiger partial charge on any atom is -0.406 e. The van der Waals surface area contributed by atoms with Crippen LogP contribution in [0.3, 0.4) is 0 Å². The molecule has 1 rings (SSSR count). The van der Waals surface area contributed by atoms with Crippen LogP contribution in [0.5, 0.6) is 5.75 Å². The third kappa shape index (κ3) is 12.0. The van der Waals surface area contributed by atoms with Gasteiger partial charge in [0.25, 0.3) is 0 Å². The zero-order valence-electron chi connectivity index (χ0n) is 13.9. The maximum Gasteiger partial charge on any atom is 0.573 e. The van der Waals surface area contributed by atoms with Crippen molar-refractivity contribution < 1.29 is 31.1 Å².